The number of aldehydes is 1. The van der Waals surface area contributed by atoms with Gasteiger partial charge in [-0.25, -0.2) is 0 Å². The molecule has 0 saturated carbocycles. The molecule has 128 valence electrons. The minimum Gasteiger partial charge on any atom is -0.298 e. The molecule has 3 heteroatoms. The number of aliphatic imine (C=N–C) groups is 1. The molecule has 0 amide bonds. The molecule has 0 aliphatic carbocycles. The van der Waals surface area contributed by atoms with Gasteiger partial charge in [-0.2, -0.15) is 0 Å². The normalized spacial score (nSPS) is 16.3. The molecule has 26 heavy (non-hydrogen) atoms. The van der Waals surface area contributed by atoms with Gasteiger partial charge in [-0.1, -0.05) is 78.3 Å². The first-order valence-electron chi connectivity index (χ1n) is 8.72. The molecule has 2 nitrogen and oxygen atoms in total. The molecule has 1 heterocycles. The highest BCUT2D eigenvalue weighted by molar-refractivity contribution is 6.34. The number of benzene rings is 3. The van der Waals surface area contributed by atoms with Crippen LogP contribution in [0.4, 0.5) is 0 Å². The SMILES string of the molecule is O=Cc1ccccc1-c1ccc(C2CCC(c3ccccc3Cl)=N2)cc1. The van der Waals surface area contributed by atoms with E-state index in [0.29, 0.717) is 5.56 Å². The summed E-state index contributed by atoms with van der Waals surface area (Å²) in [5, 5.41) is 0.757. The molecular formula is C23H18ClNO. The van der Waals surface area contributed by atoms with Crippen LogP contribution in [0.3, 0.4) is 0 Å². The van der Waals surface area contributed by atoms with Crippen LogP contribution in [0.25, 0.3) is 11.1 Å². The van der Waals surface area contributed by atoms with Crippen molar-refractivity contribution in [1.82, 2.24) is 0 Å². The van der Waals surface area contributed by atoms with Crippen LogP contribution in [0.1, 0.15) is 40.4 Å². The zero-order valence-corrected chi connectivity index (χ0v) is 15.0. The summed E-state index contributed by atoms with van der Waals surface area (Å²) in [6.07, 6.45) is 2.83. The van der Waals surface area contributed by atoms with E-state index >= 15 is 0 Å². The predicted octanol–water partition coefficient (Wildman–Crippen LogP) is 6.14. The maximum absolute atomic E-state index is 11.2. The largest absolute Gasteiger partial charge is 0.298 e. The lowest BCUT2D eigenvalue weighted by Crippen LogP contribution is -1.96. The standard InChI is InChI=1S/C23H18ClNO/c24-21-8-4-3-7-20(21)23-14-13-22(25-23)17-11-9-16(10-12-17)19-6-2-1-5-18(19)15-26/h1-12,15,22H,13-14H2. The fourth-order valence-electron chi connectivity index (χ4n) is 3.48. The van der Waals surface area contributed by atoms with Gasteiger partial charge in [0.2, 0.25) is 0 Å². The minimum absolute atomic E-state index is 0.164. The second-order valence-electron chi connectivity index (χ2n) is 6.44. The van der Waals surface area contributed by atoms with Gasteiger partial charge >= 0.3 is 0 Å². The highest BCUT2D eigenvalue weighted by Gasteiger charge is 2.21. The Morgan fingerprint density at radius 2 is 1.58 bits per heavy atom. The van der Waals surface area contributed by atoms with Gasteiger partial charge in [-0.15, -0.1) is 0 Å². The molecule has 0 aromatic heterocycles. The summed E-state index contributed by atoms with van der Waals surface area (Å²) in [6, 6.07) is 24.0. The summed E-state index contributed by atoms with van der Waals surface area (Å²) in [5.74, 6) is 0. The second-order valence-corrected chi connectivity index (χ2v) is 6.84. The third-order valence-electron chi connectivity index (χ3n) is 4.85. The van der Waals surface area contributed by atoms with Gasteiger partial charge in [-0.05, 0) is 35.6 Å². The lowest BCUT2D eigenvalue weighted by molar-refractivity contribution is 0.112. The van der Waals surface area contributed by atoms with Gasteiger partial charge in [0, 0.05) is 21.9 Å². The average Bonchev–Trinajstić information content (AvgIpc) is 3.18. The van der Waals surface area contributed by atoms with Crippen molar-refractivity contribution in [2.75, 3.05) is 0 Å². The van der Waals surface area contributed by atoms with E-state index in [-0.39, 0.29) is 6.04 Å². The Labute approximate surface area is 158 Å². The molecule has 0 N–H and O–H groups in total. The van der Waals surface area contributed by atoms with Crippen LogP contribution in [0.15, 0.2) is 77.8 Å². The van der Waals surface area contributed by atoms with Crippen LogP contribution in [0, 0.1) is 0 Å². The van der Waals surface area contributed by atoms with Crippen LogP contribution >= 0.6 is 11.6 Å². The molecule has 1 unspecified atom stereocenters. The van der Waals surface area contributed by atoms with Crippen LogP contribution in [-0.2, 0) is 0 Å². The average molecular weight is 360 g/mol. The van der Waals surface area contributed by atoms with Gasteiger partial charge in [0.05, 0.1) is 6.04 Å². The maximum Gasteiger partial charge on any atom is 0.150 e. The Hall–Kier alpha value is -2.71. The lowest BCUT2D eigenvalue weighted by atomic mass is 9.97. The first-order valence-corrected chi connectivity index (χ1v) is 9.10. The second kappa shape index (κ2) is 7.27. The molecule has 1 aliphatic heterocycles. The molecule has 4 rings (SSSR count). The van der Waals surface area contributed by atoms with Crippen molar-refractivity contribution in [3.63, 3.8) is 0 Å². The van der Waals surface area contributed by atoms with Crippen LogP contribution in [0.2, 0.25) is 5.02 Å². The summed E-state index contributed by atoms with van der Waals surface area (Å²) >= 11 is 6.31. The number of carbonyl (C=O) groups is 1. The van der Waals surface area contributed by atoms with Crippen LogP contribution in [0.5, 0.6) is 0 Å². The summed E-state index contributed by atoms with van der Waals surface area (Å²) in [4.78, 5) is 16.1. The molecule has 3 aromatic rings. The number of carbonyl (C=O) groups excluding carboxylic acids is 1. The number of hydrogen-bond acceptors (Lipinski definition) is 2. The smallest absolute Gasteiger partial charge is 0.150 e. The molecule has 0 bridgehead atoms. The number of nitrogens with zero attached hydrogens (tertiary/aromatic N) is 1. The van der Waals surface area contributed by atoms with Crippen molar-refractivity contribution in [2.45, 2.75) is 18.9 Å². The molecular weight excluding hydrogens is 342 g/mol. The quantitative estimate of drug-likeness (QED) is 0.514. The zero-order valence-electron chi connectivity index (χ0n) is 14.2. The summed E-state index contributed by atoms with van der Waals surface area (Å²) in [6.45, 7) is 0. The van der Waals surface area contributed by atoms with Crippen molar-refractivity contribution in [3.05, 3.63) is 94.5 Å². The molecule has 0 fully saturated rings. The fourth-order valence-corrected chi connectivity index (χ4v) is 3.72. The van der Waals surface area contributed by atoms with E-state index in [2.05, 4.69) is 24.3 Å². The highest BCUT2D eigenvalue weighted by atomic mass is 35.5. The van der Waals surface area contributed by atoms with Crippen molar-refractivity contribution in [1.29, 1.82) is 0 Å². The number of halogens is 1. The van der Waals surface area contributed by atoms with E-state index in [1.165, 1.54) is 5.56 Å². The van der Waals surface area contributed by atoms with E-state index in [1.54, 1.807) is 0 Å². The zero-order chi connectivity index (χ0) is 17.9. The maximum atomic E-state index is 11.2. The van der Waals surface area contributed by atoms with E-state index in [0.717, 1.165) is 46.6 Å². The van der Waals surface area contributed by atoms with E-state index < -0.39 is 0 Å². The van der Waals surface area contributed by atoms with Crippen molar-refractivity contribution < 1.29 is 4.79 Å². The Morgan fingerprint density at radius 3 is 2.31 bits per heavy atom. The monoisotopic (exact) mass is 359 g/mol. The number of rotatable bonds is 4. The molecule has 0 saturated heterocycles. The van der Waals surface area contributed by atoms with Gasteiger partial charge < -0.3 is 0 Å². The Kier molecular flexibility index (Phi) is 4.68. The van der Waals surface area contributed by atoms with E-state index in [9.17, 15) is 4.79 Å². The summed E-state index contributed by atoms with van der Waals surface area (Å²) in [5.41, 5.74) is 6.02. The fraction of sp³-hybridized carbons (Fsp3) is 0.130. The predicted molar refractivity (Wildman–Crippen MR) is 107 cm³/mol. The third-order valence-corrected chi connectivity index (χ3v) is 5.17. The Morgan fingerprint density at radius 1 is 0.885 bits per heavy atom. The van der Waals surface area contributed by atoms with Crippen molar-refractivity contribution in [3.8, 4) is 11.1 Å². The van der Waals surface area contributed by atoms with Crippen LogP contribution in [-0.4, -0.2) is 12.0 Å². The highest BCUT2D eigenvalue weighted by Crippen LogP contribution is 2.34. The lowest BCUT2D eigenvalue weighted by Gasteiger charge is -2.09. The van der Waals surface area contributed by atoms with Crippen molar-refractivity contribution in [2.24, 2.45) is 4.99 Å². The molecule has 1 atom stereocenters. The topological polar surface area (TPSA) is 29.4 Å². The van der Waals surface area contributed by atoms with Gasteiger partial charge in [-0.3, -0.25) is 9.79 Å². The first kappa shape index (κ1) is 16.7. The third kappa shape index (κ3) is 3.21. The van der Waals surface area contributed by atoms with Gasteiger partial charge in [0.15, 0.2) is 6.29 Å². The minimum atomic E-state index is 0.164. The van der Waals surface area contributed by atoms with Gasteiger partial charge in [0.25, 0.3) is 0 Å². The Bertz CT molecular complexity index is 976. The molecule has 1 aliphatic rings. The molecule has 0 spiro atoms. The number of hydrogen-bond donors (Lipinski definition) is 0. The molecule has 0 radical (unpaired) electrons. The summed E-state index contributed by atoms with van der Waals surface area (Å²) in [7, 11) is 0. The van der Waals surface area contributed by atoms with Crippen molar-refractivity contribution >= 4 is 23.6 Å². The van der Waals surface area contributed by atoms with E-state index in [1.807, 2.05) is 48.5 Å². The first-order chi connectivity index (χ1) is 12.8. The molecule has 3 aromatic carbocycles. The van der Waals surface area contributed by atoms with E-state index in [4.69, 9.17) is 16.6 Å². The Balaban J connectivity index is 1.60. The van der Waals surface area contributed by atoms with Gasteiger partial charge in [0.1, 0.15) is 0 Å². The summed E-state index contributed by atoms with van der Waals surface area (Å²) < 4.78 is 0. The van der Waals surface area contributed by atoms with Crippen LogP contribution < -0.4 is 0 Å².